The molecule has 1 aromatic rings. The highest BCUT2D eigenvalue weighted by Crippen LogP contribution is 2.52. The van der Waals surface area contributed by atoms with Gasteiger partial charge in [0.15, 0.2) is 11.5 Å². The lowest BCUT2D eigenvalue weighted by molar-refractivity contribution is 0.217. The second-order valence-electron chi connectivity index (χ2n) is 5.71. The van der Waals surface area contributed by atoms with Gasteiger partial charge in [-0.15, -0.1) is 0 Å². The average molecular weight is 267 g/mol. The summed E-state index contributed by atoms with van der Waals surface area (Å²) in [5.41, 5.74) is 5.97. The number of hydrogen-bond donors (Lipinski definition) is 1. The minimum absolute atomic E-state index is 0.0851. The van der Waals surface area contributed by atoms with Crippen molar-refractivity contribution in [1.29, 1.82) is 0 Å². The quantitative estimate of drug-likeness (QED) is 0.892. The minimum Gasteiger partial charge on any atom is -0.493 e. The molecule has 0 radical (unpaired) electrons. The molecule has 0 saturated heterocycles. The van der Waals surface area contributed by atoms with Gasteiger partial charge in [0.05, 0.1) is 14.2 Å². The van der Waals surface area contributed by atoms with E-state index in [4.69, 9.17) is 15.2 Å². The van der Waals surface area contributed by atoms with Gasteiger partial charge in [0.1, 0.15) is 5.67 Å². The van der Waals surface area contributed by atoms with Gasteiger partial charge >= 0.3 is 0 Å². The Morgan fingerprint density at radius 3 is 2.11 bits per heavy atom. The van der Waals surface area contributed by atoms with Crippen molar-refractivity contribution in [2.24, 2.45) is 5.73 Å². The average Bonchev–Trinajstić information content (AvgIpc) is 3.17. The molecule has 1 saturated carbocycles. The first-order valence-electron chi connectivity index (χ1n) is 6.54. The highest BCUT2D eigenvalue weighted by atomic mass is 19.1. The number of nitrogens with two attached hydrogens (primary N) is 1. The lowest BCUT2D eigenvalue weighted by Crippen LogP contribution is -2.25. The van der Waals surface area contributed by atoms with E-state index in [1.807, 2.05) is 6.07 Å². The fraction of sp³-hybridized carbons (Fsp3) is 0.600. The molecule has 0 aliphatic heterocycles. The summed E-state index contributed by atoms with van der Waals surface area (Å²) in [4.78, 5) is 0. The maximum atomic E-state index is 14.5. The third kappa shape index (κ3) is 2.41. The Balaban J connectivity index is 2.63. The fourth-order valence-electron chi connectivity index (χ4n) is 2.54. The summed E-state index contributed by atoms with van der Waals surface area (Å²) < 4.78 is 25.1. The molecule has 0 spiro atoms. The van der Waals surface area contributed by atoms with Crippen LogP contribution >= 0.6 is 0 Å². The zero-order chi connectivity index (χ0) is 14.3. The van der Waals surface area contributed by atoms with Crippen molar-refractivity contribution in [3.8, 4) is 11.5 Å². The van der Waals surface area contributed by atoms with Crippen LogP contribution in [0.3, 0.4) is 0 Å². The fourth-order valence-corrected chi connectivity index (χ4v) is 2.54. The summed E-state index contributed by atoms with van der Waals surface area (Å²) >= 11 is 0. The topological polar surface area (TPSA) is 44.5 Å². The van der Waals surface area contributed by atoms with Crippen molar-refractivity contribution in [2.75, 3.05) is 20.8 Å². The molecule has 0 amide bonds. The predicted octanol–water partition coefficient (Wildman–Crippen LogP) is 2.90. The Morgan fingerprint density at radius 2 is 1.74 bits per heavy atom. The van der Waals surface area contributed by atoms with Crippen LogP contribution in [0.1, 0.15) is 37.8 Å². The largest absolute Gasteiger partial charge is 0.493 e. The number of benzene rings is 1. The zero-order valence-corrected chi connectivity index (χ0v) is 12.0. The van der Waals surface area contributed by atoms with Crippen LogP contribution < -0.4 is 15.2 Å². The van der Waals surface area contributed by atoms with Crippen molar-refractivity contribution in [3.05, 3.63) is 23.3 Å². The molecule has 19 heavy (non-hydrogen) atoms. The third-order valence-corrected chi connectivity index (χ3v) is 3.98. The van der Waals surface area contributed by atoms with Gasteiger partial charge in [-0.3, -0.25) is 0 Å². The lowest BCUT2D eigenvalue weighted by atomic mass is 9.85. The molecule has 2 N–H and O–H groups in total. The number of alkyl halides is 1. The molecule has 4 heteroatoms. The molecule has 0 heterocycles. The standard InChI is InChI=1S/C15H22FNO2/c1-14(2,16)10-7-12(18-3)13(19-4)8-11(10)15(9-17)5-6-15/h7-8H,5-6,9,17H2,1-4H3. The van der Waals surface area contributed by atoms with Gasteiger partial charge in [-0.05, 0) is 49.9 Å². The van der Waals surface area contributed by atoms with Crippen LogP contribution in [0.4, 0.5) is 4.39 Å². The molecule has 3 nitrogen and oxygen atoms in total. The second-order valence-corrected chi connectivity index (χ2v) is 5.71. The highest BCUT2D eigenvalue weighted by molar-refractivity contribution is 5.53. The lowest BCUT2D eigenvalue weighted by Gasteiger charge is -2.26. The normalized spacial score (nSPS) is 17.2. The molecule has 1 aliphatic carbocycles. The Bertz CT molecular complexity index is 476. The van der Waals surface area contributed by atoms with E-state index in [1.54, 1.807) is 34.1 Å². The van der Waals surface area contributed by atoms with Gasteiger partial charge in [0.25, 0.3) is 0 Å². The number of ether oxygens (including phenoxy) is 2. The van der Waals surface area contributed by atoms with Gasteiger partial charge in [0.2, 0.25) is 0 Å². The summed E-state index contributed by atoms with van der Waals surface area (Å²) in [6.07, 6.45) is 2.00. The molecular weight excluding hydrogens is 245 g/mol. The van der Waals surface area contributed by atoms with E-state index in [9.17, 15) is 4.39 Å². The van der Waals surface area contributed by atoms with Gasteiger partial charge in [-0.2, -0.15) is 0 Å². The van der Waals surface area contributed by atoms with Gasteiger partial charge in [-0.1, -0.05) is 0 Å². The van der Waals surface area contributed by atoms with Crippen LogP contribution in [-0.4, -0.2) is 20.8 Å². The summed E-state index contributed by atoms with van der Waals surface area (Å²) in [7, 11) is 3.15. The van der Waals surface area contributed by atoms with E-state index < -0.39 is 5.67 Å². The van der Waals surface area contributed by atoms with E-state index in [-0.39, 0.29) is 5.41 Å². The van der Waals surface area contributed by atoms with Crippen LogP contribution in [-0.2, 0) is 11.1 Å². The third-order valence-electron chi connectivity index (χ3n) is 3.98. The van der Waals surface area contributed by atoms with E-state index in [0.29, 0.717) is 23.6 Å². The van der Waals surface area contributed by atoms with Crippen molar-refractivity contribution in [3.63, 3.8) is 0 Å². The molecular formula is C15H22FNO2. The van der Waals surface area contributed by atoms with Crippen LogP contribution in [0.2, 0.25) is 0 Å². The first kappa shape index (κ1) is 14.1. The Kier molecular flexibility index (Phi) is 3.47. The van der Waals surface area contributed by atoms with Crippen molar-refractivity contribution in [2.45, 2.75) is 37.8 Å². The van der Waals surface area contributed by atoms with Crippen LogP contribution in [0, 0.1) is 0 Å². The molecule has 0 unspecified atom stereocenters. The Hall–Kier alpha value is -1.29. The van der Waals surface area contributed by atoms with E-state index >= 15 is 0 Å². The number of hydrogen-bond acceptors (Lipinski definition) is 3. The van der Waals surface area contributed by atoms with Crippen LogP contribution in [0.25, 0.3) is 0 Å². The van der Waals surface area contributed by atoms with E-state index in [2.05, 4.69) is 0 Å². The SMILES string of the molecule is COc1cc(C(C)(C)F)c(C2(CN)CC2)cc1OC. The molecule has 0 aromatic heterocycles. The maximum absolute atomic E-state index is 14.5. The summed E-state index contributed by atoms with van der Waals surface area (Å²) in [6.45, 7) is 3.65. The first-order valence-corrected chi connectivity index (χ1v) is 6.54. The summed E-state index contributed by atoms with van der Waals surface area (Å²) in [6, 6.07) is 3.62. The first-order chi connectivity index (χ1) is 8.88. The second kappa shape index (κ2) is 4.67. The molecule has 1 aliphatic rings. The van der Waals surface area contributed by atoms with Gasteiger partial charge < -0.3 is 15.2 Å². The number of halogens is 1. The molecule has 2 rings (SSSR count). The molecule has 1 aromatic carbocycles. The highest BCUT2D eigenvalue weighted by Gasteiger charge is 2.46. The van der Waals surface area contributed by atoms with Crippen molar-refractivity contribution in [1.82, 2.24) is 0 Å². The van der Waals surface area contributed by atoms with Crippen LogP contribution in [0.5, 0.6) is 11.5 Å². The van der Waals surface area contributed by atoms with Crippen LogP contribution in [0.15, 0.2) is 12.1 Å². The summed E-state index contributed by atoms with van der Waals surface area (Å²) in [5.74, 6) is 1.19. The summed E-state index contributed by atoms with van der Waals surface area (Å²) in [5, 5.41) is 0. The van der Waals surface area contributed by atoms with Crippen molar-refractivity contribution < 1.29 is 13.9 Å². The molecule has 106 valence electrons. The predicted molar refractivity (Wildman–Crippen MR) is 73.6 cm³/mol. The number of methoxy groups -OCH3 is 2. The smallest absolute Gasteiger partial charge is 0.161 e. The maximum Gasteiger partial charge on any atom is 0.161 e. The monoisotopic (exact) mass is 267 g/mol. The van der Waals surface area contributed by atoms with E-state index in [0.717, 1.165) is 18.4 Å². The van der Waals surface area contributed by atoms with Crippen molar-refractivity contribution >= 4 is 0 Å². The Labute approximate surface area is 113 Å². The minimum atomic E-state index is -1.43. The molecule has 0 bridgehead atoms. The van der Waals surface area contributed by atoms with Gasteiger partial charge in [-0.25, -0.2) is 4.39 Å². The Morgan fingerprint density at radius 1 is 1.21 bits per heavy atom. The molecule has 1 fully saturated rings. The zero-order valence-electron chi connectivity index (χ0n) is 12.0. The van der Waals surface area contributed by atoms with E-state index in [1.165, 1.54) is 0 Å². The number of rotatable bonds is 5. The van der Waals surface area contributed by atoms with Gasteiger partial charge in [0, 0.05) is 12.0 Å². The molecule has 0 atom stereocenters.